The van der Waals surface area contributed by atoms with E-state index < -0.39 is 0 Å². The Balaban J connectivity index is 2.48. The van der Waals surface area contributed by atoms with Crippen LogP contribution in [-0.4, -0.2) is 11.6 Å². The lowest BCUT2D eigenvalue weighted by atomic mass is 10.2. The second kappa shape index (κ2) is 3.92. The summed E-state index contributed by atoms with van der Waals surface area (Å²) >= 11 is 0. The molecule has 0 fully saturated rings. The van der Waals surface area contributed by atoms with E-state index in [-0.39, 0.29) is 0 Å². The van der Waals surface area contributed by atoms with Gasteiger partial charge in [-0.25, -0.2) is 4.98 Å². The molecular weight excluding hydrogens is 174 g/mol. The standard InChI is InChI=1S/C12H11NO/c1-2-9-14-12-11-6-4-3-5-10(11)7-8-13-12/h2-8H,1,9H2. The molecule has 0 saturated carbocycles. The van der Waals surface area contributed by atoms with Gasteiger partial charge in [-0.15, -0.1) is 0 Å². The van der Waals surface area contributed by atoms with Crippen molar-refractivity contribution < 1.29 is 4.74 Å². The molecule has 0 radical (unpaired) electrons. The van der Waals surface area contributed by atoms with Crippen molar-refractivity contribution in [1.82, 2.24) is 4.98 Å². The van der Waals surface area contributed by atoms with Crippen molar-refractivity contribution in [2.24, 2.45) is 0 Å². The number of fused-ring (bicyclic) bond motifs is 1. The summed E-state index contributed by atoms with van der Waals surface area (Å²) in [6.07, 6.45) is 3.46. The van der Waals surface area contributed by atoms with Crippen LogP contribution in [0, 0.1) is 0 Å². The highest BCUT2D eigenvalue weighted by molar-refractivity contribution is 5.86. The van der Waals surface area contributed by atoms with Gasteiger partial charge in [-0.1, -0.05) is 30.9 Å². The van der Waals surface area contributed by atoms with Crippen LogP contribution in [-0.2, 0) is 0 Å². The predicted octanol–water partition coefficient (Wildman–Crippen LogP) is 2.80. The highest BCUT2D eigenvalue weighted by Gasteiger charge is 2.00. The van der Waals surface area contributed by atoms with Gasteiger partial charge >= 0.3 is 0 Å². The Kier molecular flexibility index (Phi) is 2.45. The molecule has 2 nitrogen and oxygen atoms in total. The summed E-state index contributed by atoms with van der Waals surface area (Å²) in [5.74, 6) is 0.669. The molecule has 0 amide bonds. The smallest absolute Gasteiger partial charge is 0.221 e. The van der Waals surface area contributed by atoms with Gasteiger partial charge in [0, 0.05) is 11.6 Å². The van der Waals surface area contributed by atoms with Crippen LogP contribution in [0.25, 0.3) is 10.8 Å². The first-order valence-corrected chi connectivity index (χ1v) is 4.49. The van der Waals surface area contributed by atoms with Crippen LogP contribution in [0.5, 0.6) is 5.88 Å². The summed E-state index contributed by atoms with van der Waals surface area (Å²) < 4.78 is 5.44. The fourth-order valence-corrected chi connectivity index (χ4v) is 1.34. The zero-order valence-corrected chi connectivity index (χ0v) is 7.81. The summed E-state index contributed by atoms with van der Waals surface area (Å²) in [5.41, 5.74) is 0. The Hall–Kier alpha value is -1.83. The van der Waals surface area contributed by atoms with Gasteiger partial charge in [-0.3, -0.25) is 0 Å². The molecule has 0 unspecified atom stereocenters. The SMILES string of the molecule is C=CCOc1nccc2ccccc12. The van der Waals surface area contributed by atoms with Crippen LogP contribution in [0.3, 0.4) is 0 Å². The predicted molar refractivity (Wildman–Crippen MR) is 57.4 cm³/mol. The monoisotopic (exact) mass is 185 g/mol. The molecule has 0 aliphatic carbocycles. The van der Waals surface area contributed by atoms with Crippen molar-refractivity contribution in [2.75, 3.05) is 6.61 Å². The van der Waals surface area contributed by atoms with Gasteiger partial charge in [0.05, 0.1) is 0 Å². The number of hydrogen-bond acceptors (Lipinski definition) is 2. The van der Waals surface area contributed by atoms with Gasteiger partial charge in [0.25, 0.3) is 0 Å². The molecule has 0 aliphatic heterocycles. The normalized spacial score (nSPS) is 10.0. The van der Waals surface area contributed by atoms with Gasteiger partial charge in [-0.2, -0.15) is 0 Å². The molecule has 14 heavy (non-hydrogen) atoms. The molecule has 0 bridgehead atoms. The summed E-state index contributed by atoms with van der Waals surface area (Å²) in [4.78, 5) is 4.17. The maximum absolute atomic E-state index is 5.44. The molecule has 2 heteroatoms. The molecule has 0 spiro atoms. The summed E-state index contributed by atoms with van der Waals surface area (Å²) in [6.45, 7) is 4.09. The Labute approximate surface area is 82.9 Å². The third-order valence-corrected chi connectivity index (χ3v) is 1.97. The lowest BCUT2D eigenvalue weighted by Crippen LogP contribution is -1.95. The molecule has 1 aromatic heterocycles. The number of aromatic nitrogens is 1. The van der Waals surface area contributed by atoms with Crippen molar-refractivity contribution in [3.63, 3.8) is 0 Å². The lowest BCUT2D eigenvalue weighted by Gasteiger charge is -2.05. The number of benzene rings is 1. The van der Waals surface area contributed by atoms with Gasteiger partial charge in [0.2, 0.25) is 5.88 Å². The lowest BCUT2D eigenvalue weighted by molar-refractivity contribution is 0.353. The largest absolute Gasteiger partial charge is 0.473 e. The number of rotatable bonds is 3. The number of ether oxygens (including phenoxy) is 1. The van der Waals surface area contributed by atoms with Crippen LogP contribution < -0.4 is 4.74 Å². The molecule has 0 aliphatic rings. The third kappa shape index (κ3) is 1.59. The first-order valence-electron chi connectivity index (χ1n) is 4.49. The van der Waals surface area contributed by atoms with E-state index in [1.807, 2.05) is 30.3 Å². The number of pyridine rings is 1. The summed E-state index contributed by atoms with van der Waals surface area (Å²) in [6, 6.07) is 9.99. The van der Waals surface area contributed by atoms with E-state index in [9.17, 15) is 0 Å². The topological polar surface area (TPSA) is 22.1 Å². The van der Waals surface area contributed by atoms with Gasteiger partial charge < -0.3 is 4.74 Å². The minimum Gasteiger partial charge on any atom is -0.473 e. The average molecular weight is 185 g/mol. The minimum atomic E-state index is 0.487. The zero-order chi connectivity index (χ0) is 9.80. The van der Waals surface area contributed by atoms with Crippen LogP contribution in [0.15, 0.2) is 49.2 Å². The van der Waals surface area contributed by atoms with E-state index in [2.05, 4.69) is 11.6 Å². The molecule has 70 valence electrons. The molecule has 1 heterocycles. The molecule has 1 aromatic carbocycles. The zero-order valence-electron chi connectivity index (χ0n) is 7.81. The molecule has 2 aromatic rings. The van der Waals surface area contributed by atoms with Crippen molar-refractivity contribution in [3.8, 4) is 5.88 Å². The van der Waals surface area contributed by atoms with E-state index in [0.29, 0.717) is 12.5 Å². The second-order valence-corrected chi connectivity index (χ2v) is 2.94. The van der Waals surface area contributed by atoms with E-state index in [4.69, 9.17) is 4.74 Å². The average Bonchev–Trinajstić information content (AvgIpc) is 2.26. The minimum absolute atomic E-state index is 0.487. The van der Waals surface area contributed by atoms with Crippen molar-refractivity contribution in [3.05, 3.63) is 49.2 Å². The van der Waals surface area contributed by atoms with Crippen molar-refractivity contribution in [1.29, 1.82) is 0 Å². The van der Waals surface area contributed by atoms with Crippen LogP contribution >= 0.6 is 0 Å². The van der Waals surface area contributed by atoms with Crippen LogP contribution in [0.4, 0.5) is 0 Å². The molecule has 0 saturated heterocycles. The summed E-state index contributed by atoms with van der Waals surface area (Å²) in [7, 11) is 0. The first-order chi connectivity index (χ1) is 6.92. The Morgan fingerprint density at radius 1 is 1.29 bits per heavy atom. The quantitative estimate of drug-likeness (QED) is 0.686. The maximum atomic E-state index is 5.44. The Morgan fingerprint density at radius 2 is 2.14 bits per heavy atom. The van der Waals surface area contributed by atoms with Crippen LogP contribution in [0.1, 0.15) is 0 Å². The molecular formula is C12H11NO. The van der Waals surface area contributed by atoms with Crippen LogP contribution in [0.2, 0.25) is 0 Å². The van der Waals surface area contributed by atoms with E-state index in [0.717, 1.165) is 10.8 Å². The van der Waals surface area contributed by atoms with Crippen molar-refractivity contribution in [2.45, 2.75) is 0 Å². The Bertz CT molecular complexity index is 446. The highest BCUT2D eigenvalue weighted by Crippen LogP contribution is 2.22. The maximum Gasteiger partial charge on any atom is 0.221 e. The fourth-order valence-electron chi connectivity index (χ4n) is 1.34. The van der Waals surface area contributed by atoms with E-state index in [1.165, 1.54) is 0 Å². The van der Waals surface area contributed by atoms with Crippen molar-refractivity contribution >= 4 is 10.8 Å². The van der Waals surface area contributed by atoms with Gasteiger partial charge in [-0.05, 0) is 17.5 Å². The fraction of sp³-hybridized carbons (Fsp3) is 0.0833. The first kappa shape index (κ1) is 8.75. The van der Waals surface area contributed by atoms with Gasteiger partial charge in [0.15, 0.2) is 0 Å². The second-order valence-electron chi connectivity index (χ2n) is 2.94. The molecule has 0 N–H and O–H groups in total. The third-order valence-electron chi connectivity index (χ3n) is 1.97. The molecule has 0 atom stereocenters. The highest BCUT2D eigenvalue weighted by atomic mass is 16.5. The number of nitrogens with zero attached hydrogens (tertiary/aromatic N) is 1. The summed E-state index contributed by atoms with van der Waals surface area (Å²) in [5, 5.41) is 2.18. The molecule has 2 rings (SSSR count). The van der Waals surface area contributed by atoms with Gasteiger partial charge in [0.1, 0.15) is 6.61 Å². The number of hydrogen-bond donors (Lipinski definition) is 0. The van der Waals surface area contributed by atoms with E-state index >= 15 is 0 Å². The van der Waals surface area contributed by atoms with E-state index in [1.54, 1.807) is 12.3 Å². The Morgan fingerprint density at radius 3 is 3.00 bits per heavy atom.